The highest BCUT2D eigenvalue weighted by atomic mass is 35.5. The second-order valence-corrected chi connectivity index (χ2v) is 11.5. The van der Waals surface area contributed by atoms with Crippen molar-refractivity contribution in [3.63, 3.8) is 0 Å². The number of nitrogens with zero attached hydrogens (tertiary/aromatic N) is 1. The largest absolute Gasteiger partial charge is 0.444 e. The molecule has 0 heterocycles. The fraction of sp³-hybridized carbons (Fsp3) is 0.517. The average molecular weight is 547 g/mol. The fourth-order valence-corrected chi connectivity index (χ4v) is 4.48. The van der Waals surface area contributed by atoms with E-state index in [1.165, 1.54) is 0 Å². The Morgan fingerprint density at radius 1 is 1.00 bits per heavy atom. The highest BCUT2D eigenvalue weighted by Gasteiger charge is 2.60. The van der Waals surface area contributed by atoms with Gasteiger partial charge in [0.1, 0.15) is 17.4 Å². The van der Waals surface area contributed by atoms with Crippen LogP contribution in [0.25, 0.3) is 0 Å². The lowest BCUT2D eigenvalue weighted by atomic mass is 9.81. The molecule has 1 N–H and O–H groups in total. The van der Waals surface area contributed by atoms with Crippen molar-refractivity contribution in [2.75, 3.05) is 0 Å². The lowest BCUT2D eigenvalue weighted by molar-refractivity contribution is -0.561. The Hall–Kier alpha value is -3.13. The zero-order valence-corrected chi connectivity index (χ0v) is 24.2. The van der Waals surface area contributed by atoms with E-state index in [0.717, 1.165) is 11.1 Å². The smallest absolute Gasteiger partial charge is 0.408 e. The average Bonchev–Trinajstić information content (AvgIpc) is 2.80. The number of ether oxygens (including phenoxy) is 2. The topological polar surface area (TPSA) is 108 Å². The van der Waals surface area contributed by atoms with E-state index >= 15 is 0 Å². The molecule has 0 saturated heterocycles. The quantitative estimate of drug-likeness (QED) is 0.142. The molecular weight excluding hydrogens is 508 g/mol. The van der Waals surface area contributed by atoms with Crippen molar-refractivity contribution in [2.45, 2.75) is 97.2 Å². The number of hydrogen-bond acceptors (Lipinski definition) is 6. The predicted octanol–water partition coefficient (Wildman–Crippen LogP) is 7.57. The van der Waals surface area contributed by atoms with Crippen LogP contribution in [0, 0.1) is 10.1 Å². The molecule has 1 amide bonds. The van der Waals surface area contributed by atoms with Crippen molar-refractivity contribution in [1.29, 1.82) is 0 Å². The number of esters is 1. The maximum Gasteiger partial charge on any atom is 0.408 e. The second-order valence-electron chi connectivity index (χ2n) is 11.0. The van der Waals surface area contributed by atoms with Gasteiger partial charge in [-0.3, -0.25) is 10.1 Å². The molecule has 2 aromatic carbocycles. The number of carbonyl (C=O) groups is 2. The van der Waals surface area contributed by atoms with Gasteiger partial charge >= 0.3 is 17.6 Å². The molecule has 38 heavy (non-hydrogen) atoms. The summed E-state index contributed by atoms with van der Waals surface area (Å²) in [5.41, 5.74) is -1.36. The SMILES string of the molecule is CCC[C@@](C(=O)Oc1c(C(C)C)cccc1C(C)C)([C@H](NC(=O)OC(C)(C)C)c1ccc(Cl)cc1)[N+](=O)[O-]. The highest BCUT2D eigenvalue weighted by molar-refractivity contribution is 6.30. The van der Waals surface area contributed by atoms with Crippen molar-refractivity contribution in [3.8, 4) is 5.75 Å². The number of nitro groups is 1. The molecule has 9 heteroatoms. The first kappa shape index (κ1) is 31.1. The lowest BCUT2D eigenvalue weighted by Gasteiger charge is -2.33. The Labute approximate surface area is 230 Å². The van der Waals surface area contributed by atoms with Gasteiger partial charge in [0.05, 0.1) is 0 Å². The Balaban J connectivity index is 2.74. The van der Waals surface area contributed by atoms with E-state index in [4.69, 9.17) is 21.1 Å². The van der Waals surface area contributed by atoms with Crippen molar-refractivity contribution in [3.05, 3.63) is 74.3 Å². The number of rotatable bonds is 10. The van der Waals surface area contributed by atoms with E-state index in [2.05, 4.69) is 5.32 Å². The van der Waals surface area contributed by atoms with E-state index < -0.39 is 34.2 Å². The van der Waals surface area contributed by atoms with Crippen LogP contribution in [0.1, 0.15) is 103 Å². The van der Waals surface area contributed by atoms with Gasteiger partial charge in [-0.2, -0.15) is 0 Å². The number of nitrogens with one attached hydrogen (secondary N) is 1. The number of carbonyl (C=O) groups excluding carboxylic acids is 2. The Morgan fingerprint density at radius 2 is 1.53 bits per heavy atom. The molecule has 0 aliphatic heterocycles. The van der Waals surface area contributed by atoms with E-state index in [-0.39, 0.29) is 24.7 Å². The number of para-hydroxylation sites is 1. The van der Waals surface area contributed by atoms with Crippen LogP contribution in [0.15, 0.2) is 42.5 Å². The van der Waals surface area contributed by atoms with Gasteiger partial charge in [-0.05, 0) is 67.9 Å². The molecule has 0 aromatic heterocycles. The summed E-state index contributed by atoms with van der Waals surface area (Å²) in [5, 5.41) is 15.9. The number of alkyl carbamates (subject to hydrolysis) is 1. The summed E-state index contributed by atoms with van der Waals surface area (Å²) >= 11 is 6.07. The minimum Gasteiger partial charge on any atom is -0.444 e. The number of hydrogen-bond donors (Lipinski definition) is 1. The predicted molar refractivity (Wildman–Crippen MR) is 148 cm³/mol. The van der Waals surface area contributed by atoms with Gasteiger partial charge in [-0.1, -0.05) is 76.6 Å². The molecular formula is C29H39ClN2O6. The van der Waals surface area contributed by atoms with Gasteiger partial charge in [0, 0.05) is 16.4 Å². The third-order valence-electron chi connectivity index (χ3n) is 6.17. The summed E-state index contributed by atoms with van der Waals surface area (Å²) < 4.78 is 11.4. The lowest BCUT2D eigenvalue weighted by Crippen LogP contribution is -2.58. The molecule has 0 spiro atoms. The van der Waals surface area contributed by atoms with Gasteiger partial charge < -0.3 is 14.8 Å². The second kappa shape index (κ2) is 12.6. The van der Waals surface area contributed by atoms with Crippen LogP contribution in [-0.4, -0.2) is 28.1 Å². The molecule has 0 fully saturated rings. The summed E-state index contributed by atoms with van der Waals surface area (Å²) in [6.45, 7) is 14.6. The normalized spacial score (nSPS) is 14.1. The molecule has 2 aromatic rings. The number of benzene rings is 2. The van der Waals surface area contributed by atoms with Gasteiger partial charge in [0.15, 0.2) is 0 Å². The fourth-order valence-electron chi connectivity index (χ4n) is 4.36. The summed E-state index contributed by atoms with van der Waals surface area (Å²) in [6.07, 6.45) is -0.806. The Kier molecular flexibility index (Phi) is 10.3. The first-order valence-corrected chi connectivity index (χ1v) is 13.3. The van der Waals surface area contributed by atoms with Gasteiger partial charge in [-0.15, -0.1) is 0 Å². The van der Waals surface area contributed by atoms with Crippen molar-refractivity contribution >= 4 is 23.7 Å². The molecule has 0 bridgehead atoms. The molecule has 0 aliphatic carbocycles. The summed E-state index contributed by atoms with van der Waals surface area (Å²) in [6, 6.07) is 10.4. The summed E-state index contributed by atoms with van der Waals surface area (Å²) in [4.78, 5) is 39.3. The summed E-state index contributed by atoms with van der Waals surface area (Å²) in [7, 11) is 0. The minimum atomic E-state index is -2.35. The van der Waals surface area contributed by atoms with Gasteiger partial charge in [0.25, 0.3) is 0 Å². The van der Waals surface area contributed by atoms with Gasteiger partial charge in [0.2, 0.25) is 0 Å². The molecule has 0 radical (unpaired) electrons. The van der Waals surface area contributed by atoms with Gasteiger partial charge in [-0.25, -0.2) is 9.59 Å². The zero-order valence-electron chi connectivity index (χ0n) is 23.5. The molecule has 8 nitrogen and oxygen atoms in total. The van der Waals surface area contributed by atoms with Crippen molar-refractivity contribution in [1.82, 2.24) is 5.32 Å². The number of halogens is 1. The molecule has 2 rings (SSSR count). The first-order valence-electron chi connectivity index (χ1n) is 12.9. The number of amides is 1. The maximum atomic E-state index is 14.1. The van der Waals surface area contributed by atoms with Crippen LogP contribution in [0.5, 0.6) is 5.75 Å². The van der Waals surface area contributed by atoms with Crippen LogP contribution in [0.2, 0.25) is 5.02 Å². The minimum absolute atomic E-state index is 0.000341. The van der Waals surface area contributed by atoms with Crippen LogP contribution >= 0.6 is 11.6 Å². The molecule has 2 atom stereocenters. The molecule has 208 valence electrons. The molecule has 0 unspecified atom stereocenters. The molecule has 0 aliphatic rings. The molecule has 0 saturated carbocycles. The third-order valence-corrected chi connectivity index (χ3v) is 6.42. The van der Waals surface area contributed by atoms with E-state index in [1.807, 2.05) is 45.9 Å². The van der Waals surface area contributed by atoms with Crippen LogP contribution in [0.4, 0.5) is 4.79 Å². The van der Waals surface area contributed by atoms with Crippen molar-refractivity contribution in [2.24, 2.45) is 0 Å². The van der Waals surface area contributed by atoms with Crippen LogP contribution in [-0.2, 0) is 9.53 Å². The maximum absolute atomic E-state index is 14.1. The first-order chi connectivity index (χ1) is 17.6. The zero-order chi connectivity index (χ0) is 28.8. The van der Waals surface area contributed by atoms with Crippen molar-refractivity contribution < 1.29 is 24.0 Å². The van der Waals surface area contributed by atoms with Crippen LogP contribution < -0.4 is 10.1 Å². The monoisotopic (exact) mass is 546 g/mol. The van der Waals surface area contributed by atoms with E-state index in [1.54, 1.807) is 52.0 Å². The van der Waals surface area contributed by atoms with E-state index in [0.29, 0.717) is 16.3 Å². The third kappa shape index (κ3) is 7.25. The Morgan fingerprint density at radius 3 is 1.95 bits per heavy atom. The summed E-state index contributed by atoms with van der Waals surface area (Å²) in [5.74, 6) is -0.744. The van der Waals surface area contributed by atoms with E-state index in [9.17, 15) is 19.7 Å². The van der Waals surface area contributed by atoms with Crippen LogP contribution in [0.3, 0.4) is 0 Å². The highest BCUT2D eigenvalue weighted by Crippen LogP contribution is 2.39. The Bertz CT molecular complexity index is 1110. The standard InChI is InChI=1S/C29H39ClN2O6/c1-9-17-29(32(35)36,26(33)37-24-22(18(2)3)11-10-12-23(24)19(4)5)25(20-13-15-21(30)16-14-20)31-27(34)38-28(6,7)8/h10-16,18-19,25H,9,17H2,1-8H3,(H,31,34)/t25-,29+/m1/s1.